The van der Waals surface area contributed by atoms with E-state index in [1.165, 1.54) is 12.1 Å². The Labute approximate surface area is 186 Å². The molecule has 1 unspecified atom stereocenters. The van der Waals surface area contributed by atoms with E-state index in [0.717, 1.165) is 11.1 Å². The molecule has 1 amide bonds. The van der Waals surface area contributed by atoms with Crippen LogP contribution >= 0.6 is 0 Å². The van der Waals surface area contributed by atoms with Gasteiger partial charge in [-0.3, -0.25) is 4.79 Å². The summed E-state index contributed by atoms with van der Waals surface area (Å²) in [6.07, 6.45) is 0. The third kappa shape index (κ3) is 3.95. The molecule has 1 aliphatic heterocycles. The number of carboxylic acid groups (broad SMARTS) is 1. The molecule has 1 aliphatic rings. The highest BCUT2D eigenvalue weighted by atomic mass is 16.5. The zero-order chi connectivity index (χ0) is 22.8. The number of aliphatic hydroxyl groups is 1. The first-order chi connectivity index (χ1) is 15.4. The Kier molecular flexibility index (Phi) is 5.69. The number of hydrogen-bond acceptors (Lipinski definition) is 4. The number of hydrogen-bond donors (Lipinski definition) is 2. The largest absolute Gasteiger partial charge is 0.503 e. The second-order valence-corrected chi connectivity index (χ2v) is 7.74. The van der Waals surface area contributed by atoms with Gasteiger partial charge in [0.05, 0.1) is 18.7 Å². The number of rotatable bonds is 6. The van der Waals surface area contributed by atoms with Crippen molar-refractivity contribution in [3.8, 4) is 5.75 Å². The molecule has 32 heavy (non-hydrogen) atoms. The van der Waals surface area contributed by atoms with Gasteiger partial charge in [0, 0.05) is 12.1 Å². The number of carbonyl (C=O) groups excluding carboxylic acids is 1. The average Bonchev–Trinajstić information content (AvgIpc) is 3.05. The number of methoxy groups -OCH3 is 1. The molecule has 6 nitrogen and oxygen atoms in total. The number of benzene rings is 3. The molecule has 3 aromatic rings. The first kappa shape index (κ1) is 21.2. The molecule has 0 saturated carbocycles. The first-order valence-electron chi connectivity index (χ1n) is 10.2. The van der Waals surface area contributed by atoms with Crippen LogP contribution in [-0.2, 0) is 11.3 Å². The first-order valence-corrected chi connectivity index (χ1v) is 10.2. The maximum Gasteiger partial charge on any atom is 0.335 e. The van der Waals surface area contributed by atoms with Crippen molar-refractivity contribution in [1.82, 2.24) is 4.90 Å². The molecule has 0 radical (unpaired) electrons. The van der Waals surface area contributed by atoms with E-state index >= 15 is 0 Å². The Hall–Kier alpha value is -4.06. The Morgan fingerprint density at radius 3 is 2.16 bits per heavy atom. The quantitative estimate of drug-likeness (QED) is 0.590. The summed E-state index contributed by atoms with van der Waals surface area (Å²) in [7, 11) is 1.57. The van der Waals surface area contributed by atoms with Crippen molar-refractivity contribution in [2.75, 3.05) is 7.11 Å². The molecular formula is C26H23NO5. The second kappa shape index (κ2) is 8.59. The lowest BCUT2D eigenvalue weighted by atomic mass is 9.92. The maximum absolute atomic E-state index is 13.1. The molecule has 0 fully saturated rings. The molecule has 6 heteroatoms. The van der Waals surface area contributed by atoms with Crippen LogP contribution in [-0.4, -0.2) is 34.1 Å². The van der Waals surface area contributed by atoms with E-state index in [9.17, 15) is 19.8 Å². The zero-order valence-corrected chi connectivity index (χ0v) is 17.8. The highest BCUT2D eigenvalue weighted by molar-refractivity contribution is 6.05. The summed E-state index contributed by atoms with van der Waals surface area (Å²) in [5.74, 6) is -1.14. The van der Waals surface area contributed by atoms with Gasteiger partial charge in [-0.2, -0.15) is 0 Å². The Morgan fingerprint density at radius 2 is 1.59 bits per heavy atom. The van der Waals surface area contributed by atoms with Crippen LogP contribution in [0.5, 0.6) is 5.75 Å². The van der Waals surface area contributed by atoms with Crippen LogP contribution in [0.1, 0.15) is 38.7 Å². The molecule has 162 valence electrons. The Balaban J connectivity index is 1.79. The second-order valence-electron chi connectivity index (χ2n) is 7.74. The number of nitrogens with zero attached hydrogens (tertiary/aromatic N) is 1. The maximum atomic E-state index is 13.1. The summed E-state index contributed by atoms with van der Waals surface area (Å²) in [4.78, 5) is 26.0. The molecule has 0 bridgehead atoms. The van der Waals surface area contributed by atoms with Gasteiger partial charge in [0.1, 0.15) is 5.75 Å². The minimum Gasteiger partial charge on any atom is -0.503 e. The summed E-state index contributed by atoms with van der Waals surface area (Å²) < 4.78 is 5.23. The minimum absolute atomic E-state index is 0.155. The highest BCUT2D eigenvalue weighted by Crippen LogP contribution is 2.44. The molecule has 4 rings (SSSR count). The number of aliphatic hydroxyl groups excluding tert-OH is 1. The molecule has 0 saturated heterocycles. The predicted octanol–water partition coefficient (Wildman–Crippen LogP) is 4.75. The van der Waals surface area contributed by atoms with E-state index in [-0.39, 0.29) is 11.3 Å². The summed E-state index contributed by atoms with van der Waals surface area (Å²) in [6.45, 7) is 2.29. The monoisotopic (exact) mass is 429 g/mol. The third-order valence-electron chi connectivity index (χ3n) is 5.65. The van der Waals surface area contributed by atoms with Crippen molar-refractivity contribution >= 4 is 17.4 Å². The summed E-state index contributed by atoms with van der Waals surface area (Å²) >= 11 is 0. The normalized spacial score (nSPS) is 15.9. The fourth-order valence-corrected chi connectivity index (χ4v) is 3.93. The van der Waals surface area contributed by atoms with Crippen LogP contribution in [0.4, 0.5) is 0 Å². The summed E-state index contributed by atoms with van der Waals surface area (Å²) in [5, 5.41) is 20.1. The van der Waals surface area contributed by atoms with Crippen molar-refractivity contribution in [2.45, 2.75) is 19.5 Å². The topological polar surface area (TPSA) is 87.1 Å². The molecule has 0 aromatic heterocycles. The molecular weight excluding hydrogens is 406 g/mol. The fraction of sp³-hybridized carbons (Fsp3) is 0.154. The molecule has 1 heterocycles. The lowest BCUT2D eigenvalue weighted by molar-refractivity contribution is -0.130. The van der Waals surface area contributed by atoms with E-state index in [2.05, 4.69) is 0 Å². The smallest absolute Gasteiger partial charge is 0.335 e. The van der Waals surface area contributed by atoms with Gasteiger partial charge < -0.3 is 19.8 Å². The highest BCUT2D eigenvalue weighted by Gasteiger charge is 2.41. The van der Waals surface area contributed by atoms with Crippen LogP contribution in [0.2, 0.25) is 0 Å². The van der Waals surface area contributed by atoms with E-state index in [0.29, 0.717) is 29.0 Å². The zero-order valence-electron chi connectivity index (χ0n) is 17.8. The molecule has 1 atom stereocenters. The molecule has 0 spiro atoms. The van der Waals surface area contributed by atoms with Crippen LogP contribution < -0.4 is 4.74 Å². The van der Waals surface area contributed by atoms with Crippen molar-refractivity contribution in [3.05, 3.63) is 106 Å². The number of carbonyl (C=O) groups is 2. The third-order valence-corrected chi connectivity index (χ3v) is 5.65. The number of aromatic carboxylic acids is 1. The molecule has 3 aromatic carbocycles. The lowest BCUT2D eigenvalue weighted by Gasteiger charge is -2.27. The fourth-order valence-electron chi connectivity index (χ4n) is 3.93. The van der Waals surface area contributed by atoms with E-state index in [1.807, 2.05) is 31.2 Å². The number of ether oxygens (including phenoxy) is 1. The van der Waals surface area contributed by atoms with Gasteiger partial charge in [0.2, 0.25) is 0 Å². The lowest BCUT2D eigenvalue weighted by Crippen LogP contribution is -2.29. The van der Waals surface area contributed by atoms with Crippen LogP contribution in [0.3, 0.4) is 0 Å². The van der Waals surface area contributed by atoms with E-state index in [4.69, 9.17) is 4.74 Å². The molecule has 0 aliphatic carbocycles. The van der Waals surface area contributed by atoms with Crippen LogP contribution in [0.15, 0.2) is 78.6 Å². The van der Waals surface area contributed by atoms with Crippen molar-refractivity contribution in [3.63, 3.8) is 0 Å². The van der Waals surface area contributed by atoms with Gasteiger partial charge in [-0.1, -0.05) is 54.1 Å². The number of amides is 1. The summed E-state index contributed by atoms with van der Waals surface area (Å²) in [6, 6.07) is 20.8. The van der Waals surface area contributed by atoms with E-state index in [1.54, 1.807) is 48.4 Å². The Morgan fingerprint density at radius 1 is 0.969 bits per heavy atom. The minimum atomic E-state index is -1.02. The predicted molar refractivity (Wildman–Crippen MR) is 120 cm³/mol. The van der Waals surface area contributed by atoms with Gasteiger partial charge >= 0.3 is 5.97 Å². The average molecular weight is 429 g/mol. The van der Waals surface area contributed by atoms with Crippen molar-refractivity contribution in [1.29, 1.82) is 0 Å². The Bertz CT molecular complexity index is 1180. The van der Waals surface area contributed by atoms with Crippen LogP contribution in [0, 0.1) is 6.92 Å². The van der Waals surface area contributed by atoms with Crippen molar-refractivity contribution in [2.24, 2.45) is 0 Å². The van der Waals surface area contributed by atoms with Gasteiger partial charge in [-0.15, -0.1) is 0 Å². The SMILES string of the molecule is COc1ccc(C2=C(O)C(=O)N(Cc3ccc(C)cc3)C2c2ccc(C(=O)O)cc2)cc1. The number of aryl methyl sites for hydroxylation is 1. The van der Waals surface area contributed by atoms with Crippen LogP contribution in [0.25, 0.3) is 5.57 Å². The van der Waals surface area contributed by atoms with E-state index < -0.39 is 17.9 Å². The summed E-state index contributed by atoms with van der Waals surface area (Å²) in [5.41, 5.74) is 4.08. The molecule has 2 N–H and O–H groups in total. The van der Waals surface area contributed by atoms with Gasteiger partial charge in [-0.05, 0) is 47.9 Å². The number of carboxylic acids is 1. The van der Waals surface area contributed by atoms with Gasteiger partial charge in [0.25, 0.3) is 5.91 Å². The van der Waals surface area contributed by atoms with Gasteiger partial charge in [-0.25, -0.2) is 4.79 Å². The standard InChI is InChI=1S/C26H23NO5/c1-16-3-5-17(6-4-16)15-27-23(19-7-9-20(10-8-19)26(30)31)22(24(28)25(27)29)18-11-13-21(32-2)14-12-18/h3-14,23,28H,15H2,1-2H3,(H,30,31). The van der Waals surface area contributed by atoms with Gasteiger partial charge in [0.15, 0.2) is 5.76 Å². The van der Waals surface area contributed by atoms with Crippen molar-refractivity contribution < 1.29 is 24.5 Å².